The van der Waals surface area contributed by atoms with Crippen molar-refractivity contribution in [2.75, 3.05) is 20.1 Å². The van der Waals surface area contributed by atoms with Crippen LogP contribution in [0.25, 0.3) is 0 Å². The van der Waals surface area contributed by atoms with Crippen LogP contribution in [0.1, 0.15) is 32.6 Å². The van der Waals surface area contributed by atoms with E-state index in [1.165, 1.54) is 0 Å². The van der Waals surface area contributed by atoms with E-state index >= 15 is 0 Å². The van der Waals surface area contributed by atoms with Gasteiger partial charge in [0.25, 0.3) is 0 Å². The number of aliphatic carboxylic acids is 1. The van der Waals surface area contributed by atoms with Crippen LogP contribution in [0.5, 0.6) is 0 Å². The van der Waals surface area contributed by atoms with Crippen LogP contribution in [0, 0.1) is 0 Å². The van der Waals surface area contributed by atoms with Crippen molar-refractivity contribution >= 4 is 5.97 Å². The van der Waals surface area contributed by atoms with E-state index in [-0.39, 0.29) is 12.3 Å². The zero-order chi connectivity index (χ0) is 13.1. The van der Waals surface area contributed by atoms with Crippen molar-refractivity contribution < 1.29 is 9.90 Å². The summed E-state index contributed by atoms with van der Waals surface area (Å²) in [4.78, 5) is 17.8. The lowest BCUT2D eigenvalue weighted by Crippen LogP contribution is -2.54. The molecule has 0 radical (unpaired) electrons. The van der Waals surface area contributed by atoms with E-state index in [4.69, 9.17) is 0 Å². The summed E-state index contributed by atoms with van der Waals surface area (Å²) < 4.78 is 0. The minimum Gasteiger partial charge on any atom is -0.480 e. The zero-order valence-electron chi connectivity index (χ0n) is 11.2. The molecule has 102 valence electrons. The third-order valence-electron chi connectivity index (χ3n) is 3.80. The van der Waals surface area contributed by atoms with E-state index in [1.54, 1.807) is 0 Å². The second-order valence-corrected chi connectivity index (χ2v) is 5.14. The molecule has 2 atom stereocenters. The number of hydrogen-bond donors (Lipinski definition) is 1. The van der Waals surface area contributed by atoms with Gasteiger partial charge in [-0.25, -0.2) is 0 Å². The number of unbranched alkanes of at least 4 members (excludes halogenated alkanes) is 1. The number of hydrogen-bond acceptors (Lipinski definition) is 4. The third kappa shape index (κ3) is 2.46. The smallest absolute Gasteiger partial charge is 0.321 e. The molecule has 2 heterocycles. The number of carbonyl (C=O) groups is 1. The van der Waals surface area contributed by atoms with Crippen molar-refractivity contribution in [3.05, 3.63) is 12.4 Å². The van der Waals surface area contributed by atoms with Crippen LogP contribution in [0.3, 0.4) is 0 Å². The molecule has 0 aromatic rings. The molecule has 2 aliphatic rings. The number of likely N-dealkylation sites (tertiary alicyclic amines) is 1. The van der Waals surface area contributed by atoms with E-state index in [1.807, 2.05) is 13.2 Å². The summed E-state index contributed by atoms with van der Waals surface area (Å²) in [6.07, 6.45) is 8.24. The Kier molecular flexibility index (Phi) is 4.11. The predicted octanol–water partition coefficient (Wildman–Crippen LogP) is 1.34. The molecule has 0 aromatic heterocycles. The summed E-state index contributed by atoms with van der Waals surface area (Å²) in [5.41, 5.74) is 0. The molecule has 1 N–H and O–H groups in total. The largest absolute Gasteiger partial charge is 0.480 e. The SMILES string of the molecule is CCCCN1C=CN(C)C1N1CCC[C@H]1C(=O)O. The van der Waals surface area contributed by atoms with Gasteiger partial charge in [0.1, 0.15) is 6.04 Å². The molecule has 0 spiro atoms. The second-order valence-electron chi connectivity index (χ2n) is 5.14. The summed E-state index contributed by atoms with van der Waals surface area (Å²) in [5.74, 6) is -0.691. The molecule has 0 amide bonds. The van der Waals surface area contributed by atoms with E-state index in [0.29, 0.717) is 0 Å². The predicted molar refractivity (Wildman–Crippen MR) is 69.7 cm³/mol. The molecule has 0 aromatic carbocycles. The van der Waals surface area contributed by atoms with Gasteiger partial charge in [-0.3, -0.25) is 9.69 Å². The maximum atomic E-state index is 11.3. The summed E-state index contributed by atoms with van der Waals surface area (Å²) in [5, 5.41) is 9.29. The summed E-state index contributed by atoms with van der Waals surface area (Å²) in [6.45, 7) is 4.04. The second kappa shape index (κ2) is 5.61. The highest BCUT2D eigenvalue weighted by Crippen LogP contribution is 2.27. The molecule has 1 saturated heterocycles. The first kappa shape index (κ1) is 13.2. The highest BCUT2D eigenvalue weighted by Gasteiger charge is 2.40. The Labute approximate surface area is 109 Å². The number of carboxylic acids is 1. The third-order valence-corrected chi connectivity index (χ3v) is 3.80. The fraction of sp³-hybridized carbons (Fsp3) is 0.769. The van der Waals surface area contributed by atoms with Gasteiger partial charge < -0.3 is 14.9 Å². The quantitative estimate of drug-likeness (QED) is 0.801. The molecule has 2 rings (SSSR count). The lowest BCUT2D eigenvalue weighted by molar-refractivity contribution is -0.145. The van der Waals surface area contributed by atoms with Gasteiger partial charge in [-0.05, 0) is 19.3 Å². The van der Waals surface area contributed by atoms with Gasteiger partial charge in [0.2, 0.25) is 0 Å². The van der Waals surface area contributed by atoms with Crippen LogP contribution >= 0.6 is 0 Å². The minimum atomic E-state index is -0.691. The van der Waals surface area contributed by atoms with Crippen LogP contribution in [0.15, 0.2) is 12.4 Å². The molecule has 0 saturated carbocycles. The van der Waals surface area contributed by atoms with Crippen molar-refractivity contribution in [1.82, 2.24) is 14.7 Å². The fourth-order valence-electron chi connectivity index (χ4n) is 2.86. The Morgan fingerprint density at radius 2 is 2.22 bits per heavy atom. The van der Waals surface area contributed by atoms with Gasteiger partial charge >= 0.3 is 5.97 Å². The Bertz CT molecular complexity index is 332. The van der Waals surface area contributed by atoms with Crippen molar-refractivity contribution in [2.24, 2.45) is 0 Å². The zero-order valence-corrected chi connectivity index (χ0v) is 11.2. The molecule has 5 nitrogen and oxygen atoms in total. The first-order chi connectivity index (χ1) is 8.65. The Hall–Kier alpha value is -1.23. The molecule has 1 unspecified atom stereocenters. The Morgan fingerprint density at radius 1 is 1.44 bits per heavy atom. The fourth-order valence-corrected chi connectivity index (χ4v) is 2.86. The van der Waals surface area contributed by atoms with Crippen molar-refractivity contribution in [3.63, 3.8) is 0 Å². The monoisotopic (exact) mass is 253 g/mol. The number of carboxylic acid groups (broad SMARTS) is 1. The summed E-state index contributed by atoms with van der Waals surface area (Å²) in [6, 6.07) is -0.332. The minimum absolute atomic E-state index is 0.0835. The van der Waals surface area contributed by atoms with Crippen molar-refractivity contribution in [1.29, 1.82) is 0 Å². The molecule has 0 aliphatic carbocycles. The van der Waals surface area contributed by atoms with Gasteiger partial charge in [-0.2, -0.15) is 0 Å². The molecule has 18 heavy (non-hydrogen) atoms. The first-order valence-electron chi connectivity index (χ1n) is 6.79. The van der Waals surface area contributed by atoms with E-state index in [0.717, 1.165) is 38.8 Å². The normalized spacial score (nSPS) is 28.3. The standard InChI is InChI=1S/C13H23N3O2/c1-3-4-7-15-10-9-14(2)13(15)16-8-5-6-11(16)12(17)18/h9-11,13H,3-8H2,1-2H3,(H,17,18)/t11-,13?/m0/s1. The first-order valence-corrected chi connectivity index (χ1v) is 6.79. The average molecular weight is 253 g/mol. The van der Waals surface area contributed by atoms with Gasteiger partial charge in [-0.15, -0.1) is 0 Å². The molecule has 2 aliphatic heterocycles. The lowest BCUT2D eigenvalue weighted by Gasteiger charge is -2.39. The molecule has 5 heteroatoms. The summed E-state index contributed by atoms with van der Waals surface area (Å²) >= 11 is 0. The molecule has 1 fully saturated rings. The average Bonchev–Trinajstić information content (AvgIpc) is 2.92. The van der Waals surface area contributed by atoms with Gasteiger partial charge in [-0.1, -0.05) is 13.3 Å². The van der Waals surface area contributed by atoms with Gasteiger partial charge in [0.15, 0.2) is 6.29 Å². The van der Waals surface area contributed by atoms with Crippen LogP contribution in [0.4, 0.5) is 0 Å². The molecular formula is C13H23N3O2. The van der Waals surface area contributed by atoms with E-state index in [9.17, 15) is 9.90 Å². The Balaban J connectivity index is 2.07. The molecule has 0 bridgehead atoms. The van der Waals surface area contributed by atoms with Crippen molar-refractivity contribution in [3.8, 4) is 0 Å². The molecular weight excluding hydrogens is 230 g/mol. The van der Waals surface area contributed by atoms with Crippen LogP contribution in [-0.4, -0.2) is 58.2 Å². The number of nitrogens with zero attached hydrogens (tertiary/aromatic N) is 3. The summed E-state index contributed by atoms with van der Waals surface area (Å²) in [7, 11) is 2.02. The number of rotatable bonds is 5. The van der Waals surface area contributed by atoms with Crippen LogP contribution in [0.2, 0.25) is 0 Å². The van der Waals surface area contributed by atoms with Crippen LogP contribution < -0.4 is 0 Å². The maximum Gasteiger partial charge on any atom is 0.321 e. The highest BCUT2D eigenvalue weighted by molar-refractivity contribution is 5.73. The van der Waals surface area contributed by atoms with Crippen LogP contribution in [-0.2, 0) is 4.79 Å². The topological polar surface area (TPSA) is 47.0 Å². The maximum absolute atomic E-state index is 11.3. The Morgan fingerprint density at radius 3 is 2.89 bits per heavy atom. The lowest BCUT2D eigenvalue weighted by atomic mass is 10.2. The van der Waals surface area contributed by atoms with E-state index < -0.39 is 5.97 Å². The van der Waals surface area contributed by atoms with Gasteiger partial charge in [0.05, 0.1) is 0 Å². The van der Waals surface area contributed by atoms with Gasteiger partial charge in [0, 0.05) is 32.5 Å². The highest BCUT2D eigenvalue weighted by atomic mass is 16.4. The van der Waals surface area contributed by atoms with Crippen molar-refractivity contribution in [2.45, 2.75) is 44.9 Å². The van der Waals surface area contributed by atoms with E-state index in [2.05, 4.69) is 27.8 Å².